The maximum absolute atomic E-state index is 4.19. The van der Waals surface area contributed by atoms with Gasteiger partial charge in [-0.1, -0.05) is 20.8 Å². The van der Waals surface area contributed by atoms with Crippen LogP contribution in [0, 0.1) is 11.8 Å². The molecular weight excluding hydrogens is 148 g/mol. The van der Waals surface area contributed by atoms with Gasteiger partial charge in [0.1, 0.15) is 5.82 Å². The van der Waals surface area contributed by atoms with Crippen LogP contribution in [-0.2, 0) is 6.42 Å². The molecule has 2 heteroatoms. The first kappa shape index (κ1) is 9.17. The molecule has 1 aromatic heterocycles. The highest BCUT2D eigenvalue weighted by atomic mass is 14.8. The molecule has 1 heterocycles. The first-order valence-electron chi connectivity index (χ1n) is 4.46. The molecule has 0 amide bonds. The third kappa shape index (κ3) is 2.61. The smallest absolute Gasteiger partial charge is 0.128 e. The zero-order chi connectivity index (χ0) is 8.97. The highest BCUT2D eigenvalue weighted by Gasteiger charge is 2.08. The van der Waals surface area contributed by atoms with Crippen LogP contribution in [0.1, 0.15) is 26.6 Å². The monoisotopic (exact) mass is 164 g/mol. The molecule has 66 valence electrons. The van der Waals surface area contributed by atoms with Gasteiger partial charge in [0, 0.05) is 18.8 Å². The SMILES string of the molecule is CC(C)[C@@H](C)Cc1ncccn1. The maximum atomic E-state index is 4.19. The topological polar surface area (TPSA) is 25.8 Å². The fourth-order valence-electron chi connectivity index (χ4n) is 0.959. The van der Waals surface area contributed by atoms with Gasteiger partial charge in [0.15, 0.2) is 0 Å². The van der Waals surface area contributed by atoms with Crippen LogP contribution in [0.2, 0.25) is 0 Å². The molecule has 0 spiro atoms. The van der Waals surface area contributed by atoms with Crippen LogP contribution in [0.5, 0.6) is 0 Å². The van der Waals surface area contributed by atoms with E-state index in [1.807, 2.05) is 6.07 Å². The molecule has 0 bridgehead atoms. The van der Waals surface area contributed by atoms with Crippen LogP contribution in [0.15, 0.2) is 18.5 Å². The third-order valence-electron chi connectivity index (χ3n) is 2.26. The largest absolute Gasteiger partial charge is 0.241 e. The van der Waals surface area contributed by atoms with Gasteiger partial charge in [-0.05, 0) is 17.9 Å². The summed E-state index contributed by atoms with van der Waals surface area (Å²) in [5, 5.41) is 0. The summed E-state index contributed by atoms with van der Waals surface area (Å²) in [6, 6.07) is 1.85. The van der Waals surface area contributed by atoms with Gasteiger partial charge in [0.2, 0.25) is 0 Å². The second kappa shape index (κ2) is 4.19. The summed E-state index contributed by atoms with van der Waals surface area (Å²) in [6.07, 6.45) is 4.59. The Labute approximate surface area is 74.1 Å². The summed E-state index contributed by atoms with van der Waals surface area (Å²) < 4.78 is 0. The molecule has 1 rings (SSSR count). The summed E-state index contributed by atoms with van der Waals surface area (Å²) in [5.74, 6) is 2.32. The fraction of sp³-hybridized carbons (Fsp3) is 0.600. The second-order valence-corrected chi connectivity index (χ2v) is 3.59. The van der Waals surface area contributed by atoms with Crippen molar-refractivity contribution in [1.29, 1.82) is 0 Å². The first-order chi connectivity index (χ1) is 5.70. The molecule has 1 atom stereocenters. The van der Waals surface area contributed by atoms with Gasteiger partial charge in [-0.15, -0.1) is 0 Å². The van der Waals surface area contributed by atoms with Gasteiger partial charge in [-0.2, -0.15) is 0 Å². The van der Waals surface area contributed by atoms with E-state index in [4.69, 9.17) is 0 Å². The van der Waals surface area contributed by atoms with Gasteiger partial charge in [-0.25, -0.2) is 9.97 Å². The minimum atomic E-state index is 0.660. The standard InChI is InChI=1S/C10H16N2/c1-8(2)9(3)7-10-11-5-4-6-12-10/h4-6,8-9H,7H2,1-3H3/t9-/m0/s1. The van der Waals surface area contributed by atoms with Gasteiger partial charge in [0.05, 0.1) is 0 Å². The molecule has 0 N–H and O–H groups in total. The van der Waals surface area contributed by atoms with Crippen molar-refractivity contribution in [3.05, 3.63) is 24.3 Å². The van der Waals surface area contributed by atoms with Crippen molar-refractivity contribution >= 4 is 0 Å². The van der Waals surface area contributed by atoms with Crippen LogP contribution < -0.4 is 0 Å². The van der Waals surface area contributed by atoms with Crippen LogP contribution in [0.4, 0.5) is 0 Å². The second-order valence-electron chi connectivity index (χ2n) is 3.59. The Morgan fingerprint density at radius 1 is 1.17 bits per heavy atom. The maximum Gasteiger partial charge on any atom is 0.128 e. The third-order valence-corrected chi connectivity index (χ3v) is 2.26. The van der Waals surface area contributed by atoms with E-state index in [0.717, 1.165) is 12.2 Å². The quantitative estimate of drug-likeness (QED) is 0.685. The molecule has 0 aliphatic heterocycles. The Morgan fingerprint density at radius 3 is 2.25 bits per heavy atom. The summed E-state index contributed by atoms with van der Waals surface area (Å²) in [5.41, 5.74) is 0. The zero-order valence-electron chi connectivity index (χ0n) is 7.99. The highest BCUT2D eigenvalue weighted by Crippen LogP contribution is 2.13. The Hall–Kier alpha value is -0.920. The molecule has 12 heavy (non-hydrogen) atoms. The van der Waals surface area contributed by atoms with Crippen LogP contribution in [-0.4, -0.2) is 9.97 Å². The van der Waals surface area contributed by atoms with Crippen molar-refractivity contribution in [1.82, 2.24) is 9.97 Å². The summed E-state index contributed by atoms with van der Waals surface area (Å²) in [6.45, 7) is 6.70. The Bertz CT molecular complexity index is 219. The molecule has 0 aliphatic rings. The first-order valence-corrected chi connectivity index (χ1v) is 4.46. The number of aromatic nitrogens is 2. The van der Waals surface area contributed by atoms with E-state index in [1.165, 1.54) is 0 Å². The lowest BCUT2D eigenvalue weighted by Gasteiger charge is -2.13. The summed E-state index contributed by atoms with van der Waals surface area (Å²) in [4.78, 5) is 8.38. The molecule has 0 aromatic carbocycles. The predicted molar refractivity (Wildman–Crippen MR) is 49.7 cm³/mol. The Morgan fingerprint density at radius 2 is 1.75 bits per heavy atom. The minimum Gasteiger partial charge on any atom is -0.241 e. The lowest BCUT2D eigenvalue weighted by molar-refractivity contribution is 0.409. The van der Waals surface area contributed by atoms with Crippen molar-refractivity contribution in [2.75, 3.05) is 0 Å². The molecule has 0 radical (unpaired) electrons. The number of hydrogen-bond acceptors (Lipinski definition) is 2. The lowest BCUT2D eigenvalue weighted by Crippen LogP contribution is -2.09. The Balaban J connectivity index is 2.53. The average molecular weight is 164 g/mol. The van der Waals surface area contributed by atoms with Crippen molar-refractivity contribution in [2.24, 2.45) is 11.8 Å². The Kier molecular flexibility index (Phi) is 3.20. The van der Waals surface area contributed by atoms with Gasteiger partial charge < -0.3 is 0 Å². The number of nitrogens with zero attached hydrogens (tertiary/aromatic N) is 2. The van der Waals surface area contributed by atoms with Crippen LogP contribution >= 0.6 is 0 Å². The average Bonchev–Trinajstić information content (AvgIpc) is 2.06. The molecule has 0 unspecified atom stereocenters. The molecule has 0 saturated heterocycles. The zero-order valence-corrected chi connectivity index (χ0v) is 7.99. The summed E-state index contributed by atoms with van der Waals surface area (Å²) >= 11 is 0. The van der Waals surface area contributed by atoms with Gasteiger partial charge >= 0.3 is 0 Å². The highest BCUT2D eigenvalue weighted by molar-refractivity contribution is 4.89. The summed E-state index contributed by atoms with van der Waals surface area (Å²) in [7, 11) is 0. The van der Waals surface area contributed by atoms with E-state index in [2.05, 4.69) is 30.7 Å². The van der Waals surface area contributed by atoms with Crippen molar-refractivity contribution in [3.63, 3.8) is 0 Å². The van der Waals surface area contributed by atoms with Crippen LogP contribution in [0.25, 0.3) is 0 Å². The molecule has 0 aliphatic carbocycles. The van der Waals surface area contributed by atoms with E-state index in [-0.39, 0.29) is 0 Å². The normalized spacial score (nSPS) is 13.3. The lowest BCUT2D eigenvalue weighted by atomic mass is 9.94. The number of hydrogen-bond donors (Lipinski definition) is 0. The minimum absolute atomic E-state index is 0.660. The molecular formula is C10H16N2. The predicted octanol–water partition coefficient (Wildman–Crippen LogP) is 2.31. The molecule has 1 aromatic rings. The van der Waals surface area contributed by atoms with Crippen molar-refractivity contribution < 1.29 is 0 Å². The van der Waals surface area contributed by atoms with E-state index in [0.29, 0.717) is 11.8 Å². The van der Waals surface area contributed by atoms with Crippen LogP contribution in [0.3, 0.4) is 0 Å². The van der Waals surface area contributed by atoms with E-state index >= 15 is 0 Å². The van der Waals surface area contributed by atoms with Crippen molar-refractivity contribution in [3.8, 4) is 0 Å². The molecule has 2 nitrogen and oxygen atoms in total. The van der Waals surface area contributed by atoms with Crippen molar-refractivity contribution in [2.45, 2.75) is 27.2 Å². The van der Waals surface area contributed by atoms with E-state index in [9.17, 15) is 0 Å². The molecule has 0 saturated carbocycles. The van der Waals surface area contributed by atoms with Gasteiger partial charge in [-0.3, -0.25) is 0 Å². The van der Waals surface area contributed by atoms with E-state index in [1.54, 1.807) is 12.4 Å². The number of rotatable bonds is 3. The fourth-order valence-corrected chi connectivity index (χ4v) is 0.959. The molecule has 0 fully saturated rings. The van der Waals surface area contributed by atoms with E-state index < -0.39 is 0 Å². The van der Waals surface area contributed by atoms with Gasteiger partial charge in [0.25, 0.3) is 0 Å².